The number of ether oxygens (including phenoxy) is 1. The molecule has 0 radical (unpaired) electrons. The Balaban J connectivity index is 1.78. The van der Waals surface area contributed by atoms with Crippen molar-refractivity contribution < 1.29 is 4.74 Å². The Bertz CT molecular complexity index is 348. The van der Waals surface area contributed by atoms with Crippen LogP contribution in [0.4, 0.5) is 5.69 Å². The van der Waals surface area contributed by atoms with Gasteiger partial charge in [0.05, 0.1) is 0 Å². The van der Waals surface area contributed by atoms with Crippen molar-refractivity contribution in [3.8, 4) is 5.75 Å². The summed E-state index contributed by atoms with van der Waals surface area (Å²) >= 11 is 0. The third kappa shape index (κ3) is 4.65. The van der Waals surface area contributed by atoms with Gasteiger partial charge in [-0.05, 0) is 45.0 Å². The number of anilines is 1. The predicted molar refractivity (Wildman–Crippen MR) is 71.7 cm³/mol. The summed E-state index contributed by atoms with van der Waals surface area (Å²) in [5.41, 5.74) is 1.17. The molecule has 1 saturated carbocycles. The molecular formula is C14H22N2O. The normalized spacial score (nSPS) is 15.0. The fourth-order valence-corrected chi connectivity index (χ4v) is 1.63. The highest BCUT2D eigenvalue weighted by Crippen LogP contribution is 2.29. The monoisotopic (exact) mass is 234 g/mol. The van der Waals surface area contributed by atoms with Gasteiger partial charge >= 0.3 is 0 Å². The molecule has 0 saturated heterocycles. The van der Waals surface area contributed by atoms with Crippen LogP contribution in [0, 0.1) is 5.92 Å². The van der Waals surface area contributed by atoms with Gasteiger partial charge in [0, 0.05) is 24.8 Å². The van der Waals surface area contributed by atoms with Gasteiger partial charge in [0.1, 0.15) is 12.4 Å². The van der Waals surface area contributed by atoms with E-state index >= 15 is 0 Å². The molecule has 0 unspecified atom stereocenters. The van der Waals surface area contributed by atoms with Gasteiger partial charge in [0.2, 0.25) is 0 Å². The third-order valence-corrected chi connectivity index (χ3v) is 2.93. The second-order valence-corrected chi connectivity index (χ2v) is 5.00. The smallest absolute Gasteiger partial charge is 0.121 e. The summed E-state index contributed by atoms with van der Waals surface area (Å²) in [5, 5.41) is 3.46. The van der Waals surface area contributed by atoms with Gasteiger partial charge in [-0.3, -0.25) is 0 Å². The molecule has 0 heterocycles. The molecule has 0 atom stereocenters. The topological polar surface area (TPSA) is 24.5 Å². The second-order valence-electron chi connectivity index (χ2n) is 5.00. The van der Waals surface area contributed by atoms with E-state index in [1.807, 2.05) is 12.1 Å². The van der Waals surface area contributed by atoms with Crippen LogP contribution in [0.25, 0.3) is 0 Å². The maximum absolute atomic E-state index is 5.70. The summed E-state index contributed by atoms with van der Waals surface area (Å²) in [6.45, 7) is 2.78. The zero-order valence-electron chi connectivity index (χ0n) is 10.8. The lowest BCUT2D eigenvalue weighted by atomic mass is 10.3. The average molecular weight is 234 g/mol. The molecule has 1 aliphatic carbocycles. The molecule has 3 heteroatoms. The number of nitrogens with one attached hydrogen (secondary N) is 1. The molecule has 2 rings (SSSR count). The highest BCUT2D eigenvalue weighted by molar-refractivity contribution is 5.48. The van der Waals surface area contributed by atoms with E-state index in [4.69, 9.17) is 4.74 Å². The van der Waals surface area contributed by atoms with Crippen LogP contribution in [0.5, 0.6) is 5.75 Å². The van der Waals surface area contributed by atoms with Crippen LogP contribution in [-0.4, -0.2) is 38.7 Å². The van der Waals surface area contributed by atoms with E-state index in [1.54, 1.807) is 0 Å². The summed E-state index contributed by atoms with van der Waals surface area (Å²) in [4.78, 5) is 2.12. The van der Waals surface area contributed by atoms with Crippen molar-refractivity contribution in [3.63, 3.8) is 0 Å². The third-order valence-electron chi connectivity index (χ3n) is 2.93. The van der Waals surface area contributed by atoms with E-state index in [-0.39, 0.29) is 0 Å². The first-order chi connectivity index (χ1) is 8.24. The minimum absolute atomic E-state index is 0.735. The van der Waals surface area contributed by atoms with Crippen LogP contribution in [0.15, 0.2) is 24.3 Å². The van der Waals surface area contributed by atoms with Crippen LogP contribution in [0.2, 0.25) is 0 Å². The highest BCUT2D eigenvalue weighted by atomic mass is 16.5. The van der Waals surface area contributed by atoms with Crippen molar-refractivity contribution in [2.24, 2.45) is 5.92 Å². The molecule has 1 aromatic rings. The van der Waals surface area contributed by atoms with Crippen molar-refractivity contribution in [1.82, 2.24) is 4.90 Å². The predicted octanol–water partition coefficient (Wildman–Crippen LogP) is 2.45. The van der Waals surface area contributed by atoms with E-state index < -0.39 is 0 Å². The lowest BCUT2D eigenvalue weighted by Gasteiger charge is -2.12. The Hall–Kier alpha value is -1.22. The average Bonchev–Trinajstić information content (AvgIpc) is 3.10. The van der Waals surface area contributed by atoms with Gasteiger partial charge in [-0.25, -0.2) is 0 Å². The molecule has 0 aliphatic heterocycles. The molecule has 0 bridgehead atoms. The SMILES string of the molecule is CN(C)CCOc1cccc(NCC2CC2)c1. The molecule has 17 heavy (non-hydrogen) atoms. The summed E-state index contributed by atoms with van der Waals surface area (Å²) in [7, 11) is 4.11. The molecule has 94 valence electrons. The lowest BCUT2D eigenvalue weighted by Crippen LogP contribution is -2.19. The lowest BCUT2D eigenvalue weighted by molar-refractivity contribution is 0.261. The highest BCUT2D eigenvalue weighted by Gasteiger charge is 2.20. The molecule has 1 aliphatic rings. The van der Waals surface area contributed by atoms with Crippen molar-refractivity contribution >= 4 is 5.69 Å². The van der Waals surface area contributed by atoms with Crippen LogP contribution < -0.4 is 10.1 Å². The molecule has 1 fully saturated rings. The van der Waals surface area contributed by atoms with Crippen molar-refractivity contribution in [3.05, 3.63) is 24.3 Å². The summed E-state index contributed by atoms with van der Waals surface area (Å²) in [6, 6.07) is 8.23. The summed E-state index contributed by atoms with van der Waals surface area (Å²) in [5.74, 6) is 1.85. The fraction of sp³-hybridized carbons (Fsp3) is 0.571. The van der Waals surface area contributed by atoms with Gasteiger partial charge in [0.25, 0.3) is 0 Å². The van der Waals surface area contributed by atoms with Gasteiger partial charge in [0.15, 0.2) is 0 Å². The van der Waals surface area contributed by atoms with Crippen molar-refractivity contribution in [1.29, 1.82) is 0 Å². The summed E-state index contributed by atoms with van der Waals surface area (Å²) < 4.78 is 5.70. The number of hydrogen-bond acceptors (Lipinski definition) is 3. The first-order valence-corrected chi connectivity index (χ1v) is 6.35. The molecule has 0 aromatic heterocycles. The minimum atomic E-state index is 0.735. The van der Waals surface area contributed by atoms with Crippen molar-refractivity contribution in [2.45, 2.75) is 12.8 Å². The standard InChI is InChI=1S/C14H22N2O/c1-16(2)8-9-17-14-5-3-4-13(10-14)15-11-12-6-7-12/h3-5,10,12,15H,6-9,11H2,1-2H3. The van der Waals surface area contributed by atoms with Crippen LogP contribution in [0.3, 0.4) is 0 Å². The zero-order chi connectivity index (χ0) is 12.1. The molecule has 1 aromatic carbocycles. The van der Waals surface area contributed by atoms with E-state index in [0.717, 1.165) is 31.4 Å². The van der Waals surface area contributed by atoms with Gasteiger partial charge in [-0.1, -0.05) is 6.07 Å². The van der Waals surface area contributed by atoms with E-state index in [1.165, 1.54) is 18.5 Å². The maximum atomic E-state index is 5.70. The first kappa shape index (κ1) is 12.2. The van der Waals surface area contributed by atoms with Crippen LogP contribution in [-0.2, 0) is 0 Å². The van der Waals surface area contributed by atoms with Gasteiger partial charge in [-0.2, -0.15) is 0 Å². The molecule has 3 nitrogen and oxygen atoms in total. The Morgan fingerprint density at radius 2 is 2.18 bits per heavy atom. The maximum Gasteiger partial charge on any atom is 0.121 e. The number of rotatable bonds is 7. The van der Waals surface area contributed by atoms with E-state index in [9.17, 15) is 0 Å². The number of nitrogens with zero attached hydrogens (tertiary/aromatic N) is 1. The Morgan fingerprint density at radius 3 is 2.88 bits per heavy atom. The van der Waals surface area contributed by atoms with Crippen LogP contribution >= 0.6 is 0 Å². The minimum Gasteiger partial charge on any atom is -0.492 e. The Morgan fingerprint density at radius 1 is 1.35 bits per heavy atom. The van der Waals surface area contributed by atoms with E-state index in [0.29, 0.717) is 0 Å². The Labute approximate surface area is 104 Å². The summed E-state index contributed by atoms with van der Waals surface area (Å²) in [6.07, 6.45) is 2.76. The molecular weight excluding hydrogens is 212 g/mol. The van der Waals surface area contributed by atoms with Crippen molar-refractivity contribution in [2.75, 3.05) is 39.1 Å². The number of hydrogen-bond donors (Lipinski definition) is 1. The van der Waals surface area contributed by atoms with Crippen LogP contribution in [0.1, 0.15) is 12.8 Å². The fourth-order valence-electron chi connectivity index (χ4n) is 1.63. The van der Waals surface area contributed by atoms with Gasteiger partial charge in [-0.15, -0.1) is 0 Å². The van der Waals surface area contributed by atoms with E-state index in [2.05, 4.69) is 36.4 Å². The first-order valence-electron chi connectivity index (χ1n) is 6.35. The second kappa shape index (κ2) is 5.92. The largest absolute Gasteiger partial charge is 0.492 e. The quantitative estimate of drug-likeness (QED) is 0.784. The number of likely N-dealkylation sites (N-methyl/N-ethyl adjacent to an activating group) is 1. The molecule has 0 spiro atoms. The Kier molecular flexibility index (Phi) is 4.26. The molecule has 0 amide bonds. The van der Waals surface area contributed by atoms with Gasteiger partial charge < -0.3 is 15.0 Å². The molecule has 1 N–H and O–H groups in total. The number of benzene rings is 1. The zero-order valence-corrected chi connectivity index (χ0v) is 10.8.